The van der Waals surface area contributed by atoms with Gasteiger partial charge in [-0.05, 0) is 18.2 Å². The highest BCUT2D eigenvalue weighted by Crippen LogP contribution is 2.17. The van der Waals surface area contributed by atoms with Gasteiger partial charge in [-0.1, -0.05) is 11.2 Å². The van der Waals surface area contributed by atoms with Crippen molar-refractivity contribution in [3.8, 4) is 0 Å². The molecular weight excluding hydrogens is 209 g/mol. The lowest BCUT2D eigenvalue weighted by Gasteiger charge is -2.17. The van der Waals surface area contributed by atoms with Gasteiger partial charge in [0.05, 0.1) is 6.54 Å². The fourth-order valence-corrected chi connectivity index (χ4v) is 1.44. The first kappa shape index (κ1) is 10.5. The summed E-state index contributed by atoms with van der Waals surface area (Å²) in [6.07, 6.45) is 0. The van der Waals surface area contributed by atoms with E-state index in [0.717, 1.165) is 5.69 Å². The van der Waals surface area contributed by atoms with Gasteiger partial charge in [-0.3, -0.25) is 0 Å². The van der Waals surface area contributed by atoms with Crippen molar-refractivity contribution in [2.45, 2.75) is 6.54 Å². The van der Waals surface area contributed by atoms with Crippen LogP contribution in [-0.2, 0) is 6.54 Å². The molecule has 2 N–H and O–H groups in total. The highest BCUT2D eigenvalue weighted by atomic mass is 19.1. The molecule has 2 rings (SSSR count). The van der Waals surface area contributed by atoms with E-state index in [1.54, 1.807) is 12.1 Å². The van der Waals surface area contributed by atoms with E-state index >= 15 is 0 Å². The Hall–Kier alpha value is -2.04. The van der Waals surface area contributed by atoms with Crippen LogP contribution in [-0.4, -0.2) is 12.2 Å². The van der Waals surface area contributed by atoms with Crippen LogP contribution in [0, 0.1) is 5.82 Å². The van der Waals surface area contributed by atoms with Crippen LogP contribution in [0.3, 0.4) is 0 Å². The van der Waals surface area contributed by atoms with Crippen LogP contribution in [0.25, 0.3) is 0 Å². The van der Waals surface area contributed by atoms with Gasteiger partial charge in [0.15, 0.2) is 11.6 Å². The Labute approximate surface area is 92.4 Å². The molecule has 1 aromatic heterocycles. The molecule has 0 saturated heterocycles. The summed E-state index contributed by atoms with van der Waals surface area (Å²) in [4.78, 5) is 1.85. The van der Waals surface area contributed by atoms with E-state index in [1.165, 1.54) is 12.1 Å². The normalized spacial score (nSPS) is 10.4. The quantitative estimate of drug-likeness (QED) is 0.861. The summed E-state index contributed by atoms with van der Waals surface area (Å²) in [5, 5.41) is 3.58. The molecule has 0 bridgehead atoms. The van der Waals surface area contributed by atoms with Crippen molar-refractivity contribution in [1.29, 1.82) is 0 Å². The molecule has 84 valence electrons. The molecule has 1 heterocycles. The second kappa shape index (κ2) is 4.22. The van der Waals surface area contributed by atoms with Gasteiger partial charge in [-0.2, -0.15) is 0 Å². The first-order valence-electron chi connectivity index (χ1n) is 4.83. The van der Waals surface area contributed by atoms with Crippen LogP contribution in [0.2, 0.25) is 0 Å². The average Bonchev–Trinajstić information content (AvgIpc) is 2.64. The van der Waals surface area contributed by atoms with Crippen molar-refractivity contribution < 1.29 is 8.91 Å². The van der Waals surface area contributed by atoms with Crippen molar-refractivity contribution in [1.82, 2.24) is 5.16 Å². The van der Waals surface area contributed by atoms with Gasteiger partial charge in [0.25, 0.3) is 0 Å². The van der Waals surface area contributed by atoms with Crippen LogP contribution in [0.4, 0.5) is 15.9 Å². The van der Waals surface area contributed by atoms with Gasteiger partial charge < -0.3 is 15.2 Å². The first-order valence-corrected chi connectivity index (χ1v) is 4.83. The lowest BCUT2D eigenvalue weighted by atomic mass is 10.3. The zero-order valence-electron chi connectivity index (χ0n) is 8.85. The summed E-state index contributed by atoms with van der Waals surface area (Å²) in [6.45, 7) is 0.494. The van der Waals surface area contributed by atoms with Crippen LogP contribution in [0.1, 0.15) is 5.76 Å². The third-order valence-electron chi connectivity index (χ3n) is 2.22. The molecule has 0 atom stereocenters. The van der Waals surface area contributed by atoms with Gasteiger partial charge >= 0.3 is 0 Å². The number of nitrogens with zero attached hydrogens (tertiary/aromatic N) is 2. The Bertz CT molecular complexity index is 484. The molecule has 1 aromatic carbocycles. The Morgan fingerprint density at radius 2 is 2.25 bits per heavy atom. The number of aromatic nitrogens is 1. The van der Waals surface area contributed by atoms with Crippen LogP contribution in [0.15, 0.2) is 34.9 Å². The summed E-state index contributed by atoms with van der Waals surface area (Å²) in [6, 6.07) is 8.00. The first-order chi connectivity index (χ1) is 7.65. The Morgan fingerprint density at radius 3 is 2.88 bits per heavy atom. The molecule has 16 heavy (non-hydrogen) atoms. The van der Waals surface area contributed by atoms with E-state index in [0.29, 0.717) is 18.1 Å². The van der Waals surface area contributed by atoms with E-state index in [9.17, 15) is 4.39 Å². The monoisotopic (exact) mass is 221 g/mol. The highest BCUT2D eigenvalue weighted by Gasteiger charge is 2.07. The van der Waals surface area contributed by atoms with E-state index in [-0.39, 0.29) is 5.82 Å². The molecule has 0 spiro atoms. The maximum absolute atomic E-state index is 13.0. The summed E-state index contributed by atoms with van der Waals surface area (Å²) >= 11 is 0. The smallest absolute Gasteiger partial charge is 0.167 e. The molecule has 5 heteroatoms. The van der Waals surface area contributed by atoms with E-state index < -0.39 is 0 Å². The molecule has 0 aliphatic carbocycles. The second-order valence-corrected chi connectivity index (χ2v) is 3.55. The largest absolute Gasteiger partial charge is 0.381 e. The Balaban J connectivity index is 2.11. The number of halogens is 1. The molecular formula is C11H12FN3O. The molecule has 0 unspecified atom stereocenters. The fourth-order valence-electron chi connectivity index (χ4n) is 1.44. The maximum Gasteiger partial charge on any atom is 0.167 e. The molecule has 0 aliphatic heterocycles. The van der Waals surface area contributed by atoms with Crippen molar-refractivity contribution in [2.24, 2.45) is 0 Å². The van der Waals surface area contributed by atoms with Gasteiger partial charge in [-0.25, -0.2) is 4.39 Å². The maximum atomic E-state index is 13.0. The molecule has 0 saturated carbocycles. The predicted molar refractivity (Wildman–Crippen MR) is 59.4 cm³/mol. The zero-order chi connectivity index (χ0) is 11.5. The summed E-state index contributed by atoms with van der Waals surface area (Å²) in [7, 11) is 1.84. The molecule has 0 aliphatic rings. The lowest BCUT2D eigenvalue weighted by molar-refractivity contribution is 0.385. The SMILES string of the molecule is CN(Cc1cc(N)no1)c1cccc(F)c1. The van der Waals surface area contributed by atoms with Gasteiger partial charge in [0.2, 0.25) is 0 Å². The molecule has 0 fully saturated rings. The second-order valence-electron chi connectivity index (χ2n) is 3.55. The highest BCUT2D eigenvalue weighted by molar-refractivity contribution is 5.46. The van der Waals surface area contributed by atoms with Crippen molar-refractivity contribution in [3.63, 3.8) is 0 Å². The minimum Gasteiger partial charge on any atom is -0.381 e. The number of hydrogen-bond donors (Lipinski definition) is 1. The van der Waals surface area contributed by atoms with Crippen LogP contribution < -0.4 is 10.6 Å². The molecule has 2 aromatic rings. The Morgan fingerprint density at radius 1 is 1.44 bits per heavy atom. The minimum atomic E-state index is -0.263. The Kier molecular flexibility index (Phi) is 2.76. The van der Waals surface area contributed by atoms with Crippen molar-refractivity contribution in [2.75, 3.05) is 17.7 Å². The summed E-state index contributed by atoms with van der Waals surface area (Å²) in [5.74, 6) is 0.730. The van der Waals surface area contributed by atoms with Gasteiger partial charge in [0.1, 0.15) is 5.82 Å². The zero-order valence-corrected chi connectivity index (χ0v) is 8.85. The van der Waals surface area contributed by atoms with Crippen LogP contribution in [0.5, 0.6) is 0 Å². The predicted octanol–water partition coefficient (Wildman–Crippen LogP) is 2.03. The fraction of sp³-hybridized carbons (Fsp3) is 0.182. The van der Waals surface area contributed by atoms with Gasteiger partial charge in [-0.15, -0.1) is 0 Å². The number of nitrogens with two attached hydrogens (primary N) is 1. The average molecular weight is 221 g/mol. The van der Waals surface area contributed by atoms with E-state index in [1.807, 2.05) is 18.0 Å². The number of hydrogen-bond acceptors (Lipinski definition) is 4. The topological polar surface area (TPSA) is 55.3 Å². The molecule has 0 amide bonds. The molecule has 0 radical (unpaired) electrons. The van der Waals surface area contributed by atoms with E-state index in [2.05, 4.69) is 5.16 Å². The molecule has 4 nitrogen and oxygen atoms in total. The van der Waals surface area contributed by atoms with E-state index in [4.69, 9.17) is 10.3 Å². The third-order valence-corrected chi connectivity index (χ3v) is 2.22. The van der Waals surface area contributed by atoms with Crippen LogP contribution >= 0.6 is 0 Å². The van der Waals surface area contributed by atoms with Crippen molar-refractivity contribution in [3.05, 3.63) is 41.9 Å². The summed E-state index contributed by atoms with van der Waals surface area (Å²) in [5.41, 5.74) is 6.21. The minimum absolute atomic E-state index is 0.263. The van der Waals surface area contributed by atoms with Gasteiger partial charge in [0, 0.05) is 18.8 Å². The number of nitrogen functional groups attached to an aromatic ring is 1. The number of anilines is 2. The summed E-state index contributed by atoms with van der Waals surface area (Å²) < 4.78 is 18.0. The lowest BCUT2D eigenvalue weighted by Crippen LogP contribution is -2.15. The number of benzene rings is 1. The number of rotatable bonds is 3. The van der Waals surface area contributed by atoms with Crippen molar-refractivity contribution >= 4 is 11.5 Å². The standard InChI is InChI=1S/C11H12FN3O/c1-15(7-10-6-11(13)14-16-10)9-4-2-3-8(12)5-9/h2-6H,7H2,1H3,(H2,13,14). The third kappa shape index (κ3) is 2.31.